The molecule has 1 aromatic carbocycles. The predicted molar refractivity (Wildman–Crippen MR) is 84.4 cm³/mol. The Morgan fingerprint density at radius 3 is 2.00 bits per heavy atom. The zero-order chi connectivity index (χ0) is 14.8. The van der Waals surface area contributed by atoms with Gasteiger partial charge in [-0.15, -0.1) is 0 Å². The molecule has 0 aliphatic carbocycles. The van der Waals surface area contributed by atoms with Crippen LogP contribution < -0.4 is 4.74 Å². The molecule has 1 rings (SSSR count). The van der Waals surface area contributed by atoms with E-state index in [-0.39, 0.29) is 11.5 Å². The number of rotatable bonds is 4. The maximum Gasteiger partial charge on any atom is 0.126 e. The van der Waals surface area contributed by atoms with E-state index in [0.29, 0.717) is 5.92 Å². The smallest absolute Gasteiger partial charge is 0.126 e. The Kier molecular flexibility index (Phi) is 5.06. The van der Waals surface area contributed by atoms with Crippen molar-refractivity contribution in [2.45, 2.75) is 79.2 Å². The lowest BCUT2D eigenvalue weighted by Crippen LogP contribution is -2.18. The first kappa shape index (κ1) is 16.1. The van der Waals surface area contributed by atoms with Crippen LogP contribution >= 0.6 is 0 Å². The van der Waals surface area contributed by atoms with E-state index in [0.717, 1.165) is 12.2 Å². The minimum Gasteiger partial charge on any atom is -0.490 e. The first-order chi connectivity index (χ1) is 8.66. The van der Waals surface area contributed by atoms with Gasteiger partial charge in [-0.25, -0.2) is 0 Å². The topological polar surface area (TPSA) is 9.23 Å². The second-order valence-corrected chi connectivity index (χ2v) is 6.99. The van der Waals surface area contributed by atoms with Crippen molar-refractivity contribution in [2.75, 3.05) is 0 Å². The van der Waals surface area contributed by atoms with Crippen LogP contribution in [-0.2, 0) is 11.8 Å². The molecule has 19 heavy (non-hydrogen) atoms. The average Bonchev–Trinajstić information content (AvgIpc) is 2.26. The lowest BCUT2D eigenvalue weighted by Gasteiger charge is -2.28. The Morgan fingerprint density at radius 2 is 1.63 bits per heavy atom. The Morgan fingerprint density at radius 1 is 1.05 bits per heavy atom. The first-order valence-corrected chi connectivity index (χ1v) is 7.50. The van der Waals surface area contributed by atoms with E-state index in [1.807, 2.05) is 0 Å². The SMILES string of the molecule is CCc1cc(C(C)C)c(OC(C)C)c(C(C)(C)C)c1. The van der Waals surface area contributed by atoms with Gasteiger partial charge in [-0.2, -0.15) is 0 Å². The number of ether oxygens (including phenoxy) is 1. The van der Waals surface area contributed by atoms with Gasteiger partial charge in [0, 0.05) is 5.56 Å². The van der Waals surface area contributed by atoms with Crippen LogP contribution in [0.15, 0.2) is 12.1 Å². The number of hydrogen-bond acceptors (Lipinski definition) is 1. The van der Waals surface area contributed by atoms with Gasteiger partial charge in [0.1, 0.15) is 5.75 Å². The Bertz CT molecular complexity index is 422. The van der Waals surface area contributed by atoms with E-state index in [4.69, 9.17) is 4.74 Å². The summed E-state index contributed by atoms with van der Waals surface area (Å²) in [7, 11) is 0. The van der Waals surface area contributed by atoms with Crippen molar-refractivity contribution in [3.8, 4) is 5.75 Å². The molecule has 0 aliphatic heterocycles. The monoisotopic (exact) mass is 262 g/mol. The van der Waals surface area contributed by atoms with Crippen molar-refractivity contribution in [2.24, 2.45) is 0 Å². The van der Waals surface area contributed by atoms with E-state index in [9.17, 15) is 0 Å². The second kappa shape index (κ2) is 5.98. The van der Waals surface area contributed by atoms with Crippen LogP contribution in [-0.4, -0.2) is 6.10 Å². The minimum absolute atomic E-state index is 0.110. The Balaban J connectivity index is 3.51. The van der Waals surface area contributed by atoms with Crippen molar-refractivity contribution in [3.05, 3.63) is 28.8 Å². The van der Waals surface area contributed by atoms with Gasteiger partial charge in [0.25, 0.3) is 0 Å². The highest BCUT2D eigenvalue weighted by Crippen LogP contribution is 2.39. The standard InChI is InChI=1S/C18H30O/c1-9-14-10-15(12(2)3)17(19-13(4)5)16(11-14)18(6,7)8/h10-13H,9H2,1-8H3. The molecule has 0 saturated carbocycles. The summed E-state index contributed by atoms with van der Waals surface area (Å²) < 4.78 is 6.16. The van der Waals surface area contributed by atoms with E-state index >= 15 is 0 Å². The van der Waals surface area contributed by atoms with Crippen LogP contribution in [0.5, 0.6) is 5.75 Å². The van der Waals surface area contributed by atoms with E-state index in [2.05, 4.69) is 67.5 Å². The van der Waals surface area contributed by atoms with Crippen molar-refractivity contribution in [1.29, 1.82) is 0 Å². The van der Waals surface area contributed by atoms with Gasteiger partial charge in [-0.3, -0.25) is 0 Å². The molecule has 0 atom stereocenters. The summed E-state index contributed by atoms with van der Waals surface area (Å²) in [6, 6.07) is 4.64. The summed E-state index contributed by atoms with van der Waals surface area (Å²) in [6.45, 7) is 17.7. The van der Waals surface area contributed by atoms with Gasteiger partial charge in [0.2, 0.25) is 0 Å². The fourth-order valence-corrected chi connectivity index (χ4v) is 2.27. The van der Waals surface area contributed by atoms with Crippen molar-refractivity contribution < 1.29 is 4.74 Å². The summed E-state index contributed by atoms with van der Waals surface area (Å²) in [5.74, 6) is 1.59. The molecule has 0 fully saturated rings. The van der Waals surface area contributed by atoms with E-state index < -0.39 is 0 Å². The highest BCUT2D eigenvalue weighted by atomic mass is 16.5. The molecule has 1 heteroatoms. The van der Waals surface area contributed by atoms with Gasteiger partial charge in [-0.05, 0) is 42.7 Å². The summed E-state index contributed by atoms with van der Waals surface area (Å²) in [6.07, 6.45) is 1.29. The molecule has 0 aliphatic rings. The van der Waals surface area contributed by atoms with E-state index in [1.165, 1.54) is 16.7 Å². The van der Waals surface area contributed by atoms with E-state index in [1.54, 1.807) is 0 Å². The molecule has 0 aromatic heterocycles. The van der Waals surface area contributed by atoms with Crippen molar-refractivity contribution in [1.82, 2.24) is 0 Å². The summed E-state index contributed by atoms with van der Waals surface area (Å²) >= 11 is 0. The number of hydrogen-bond donors (Lipinski definition) is 0. The van der Waals surface area contributed by atoms with Crippen LogP contribution in [0.3, 0.4) is 0 Å². The normalized spacial score (nSPS) is 12.3. The molecular formula is C18H30O. The van der Waals surface area contributed by atoms with Gasteiger partial charge >= 0.3 is 0 Å². The number of aryl methyl sites for hydroxylation is 1. The molecule has 1 nitrogen and oxygen atoms in total. The molecule has 0 saturated heterocycles. The van der Waals surface area contributed by atoms with Gasteiger partial charge in [0.15, 0.2) is 0 Å². The molecule has 0 N–H and O–H groups in total. The third kappa shape index (κ3) is 3.99. The van der Waals surface area contributed by atoms with Gasteiger partial charge in [-0.1, -0.05) is 53.7 Å². The molecule has 0 bridgehead atoms. The fourth-order valence-electron chi connectivity index (χ4n) is 2.27. The van der Waals surface area contributed by atoms with Crippen LogP contribution in [0.4, 0.5) is 0 Å². The largest absolute Gasteiger partial charge is 0.490 e. The third-order valence-electron chi connectivity index (χ3n) is 3.37. The van der Waals surface area contributed by atoms with Gasteiger partial charge in [0.05, 0.1) is 6.10 Å². The molecule has 108 valence electrons. The summed E-state index contributed by atoms with van der Waals surface area (Å²) in [5.41, 5.74) is 4.20. The maximum atomic E-state index is 6.16. The first-order valence-electron chi connectivity index (χ1n) is 7.50. The van der Waals surface area contributed by atoms with Crippen LogP contribution in [0.2, 0.25) is 0 Å². The molecule has 0 spiro atoms. The minimum atomic E-state index is 0.110. The molecule has 0 heterocycles. The maximum absolute atomic E-state index is 6.16. The molecule has 0 amide bonds. The Labute approximate surface area is 119 Å². The summed E-state index contributed by atoms with van der Waals surface area (Å²) in [5, 5.41) is 0. The zero-order valence-electron chi connectivity index (χ0n) is 13.9. The third-order valence-corrected chi connectivity index (χ3v) is 3.37. The van der Waals surface area contributed by atoms with Crippen molar-refractivity contribution >= 4 is 0 Å². The summed E-state index contributed by atoms with van der Waals surface area (Å²) in [4.78, 5) is 0. The lowest BCUT2D eigenvalue weighted by atomic mass is 9.82. The zero-order valence-corrected chi connectivity index (χ0v) is 13.9. The van der Waals surface area contributed by atoms with Gasteiger partial charge < -0.3 is 4.74 Å². The average molecular weight is 262 g/mol. The van der Waals surface area contributed by atoms with Crippen LogP contribution in [0.25, 0.3) is 0 Å². The Hall–Kier alpha value is -0.980. The van der Waals surface area contributed by atoms with Crippen LogP contribution in [0, 0.1) is 0 Å². The highest BCUT2D eigenvalue weighted by Gasteiger charge is 2.24. The molecule has 1 aromatic rings. The lowest BCUT2D eigenvalue weighted by molar-refractivity contribution is 0.233. The van der Waals surface area contributed by atoms with Crippen molar-refractivity contribution in [3.63, 3.8) is 0 Å². The van der Waals surface area contributed by atoms with Crippen LogP contribution in [0.1, 0.15) is 78.0 Å². The molecule has 0 radical (unpaired) electrons. The second-order valence-electron chi connectivity index (χ2n) is 6.99. The quantitative estimate of drug-likeness (QED) is 0.700. The number of benzene rings is 1. The predicted octanol–water partition coefficient (Wildman–Crippen LogP) is 5.46. The molecular weight excluding hydrogens is 232 g/mol. The fraction of sp³-hybridized carbons (Fsp3) is 0.667. The highest BCUT2D eigenvalue weighted by molar-refractivity contribution is 5.49. The molecule has 0 unspecified atom stereocenters.